The Hall–Kier alpha value is -1.05. The first-order valence-electron chi connectivity index (χ1n) is 14.2. The summed E-state index contributed by atoms with van der Waals surface area (Å²) < 4.78 is 5.64. The number of esters is 1. The summed E-state index contributed by atoms with van der Waals surface area (Å²) in [6, 6.07) is 0. The van der Waals surface area contributed by atoms with Crippen LogP contribution in [-0.2, 0) is 9.53 Å². The van der Waals surface area contributed by atoms with Crippen molar-refractivity contribution in [1.82, 2.24) is 0 Å². The lowest BCUT2D eigenvalue weighted by Crippen LogP contribution is -2.50. The Morgan fingerprint density at radius 2 is 1.76 bits per heavy atom. The van der Waals surface area contributed by atoms with E-state index in [1.807, 2.05) is 5.57 Å². The van der Waals surface area contributed by atoms with Gasteiger partial charge in [0.05, 0.1) is 0 Å². The molecule has 4 aliphatic rings. The van der Waals surface area contributed by atoms with Crippen LogP contribution >= 0.6 is 0 Å². The van der Waals surface area contributed by atoms with Gasteiger partial charge in [0.1, 0.15) is 6.10 Å². The van der Waals surface area contributed by atoms with Crippen molar-refractivity contribution < 1.29 is 9.53 Å². The fourth-order valence-electron chi connectivity index (χ4n) is 9.00. The largest absolute Gasteiger partial charge is 0.463 e. The van der Waals surface area contributed by atoms with E-state index in [1.165, 1.54) is 44.9 Å². The average molecular weight is 455 g/mol. The van der Waals surface area contributed by atoms with E-state index in [2.05, 4.69) is 59.8 Å². The van der Waals surface area contributed by atoms with E-state index < -0.39 is 0 Å². The molecule has 0 unspecified atom stereocenters. The topological polar surface area (TPSA) is 26.3 Å². The summed E-state index contributed by atoms with van der Waals surface area (Å²) in [5.41, 5.74) is 2.70. The molecule has 9 atom stereocenters. The molecule has 0 aromatic carbocycles. The van der Waals surface area contributed by atoms with Gasteiger partial charge in [-0.25, -0.2) is 0 Å². The maximum atomic E-state index is 11.5. The summed E-state index contributed by atoms with van der Waals surface area (Å²) in [6.45, 7) is 16.3. The van der Waals surface area contributed by atoms with Gasteiger partial charge in [0.25, 0.3) is 0 Å². The van der Waals surface area contributed by atoms with Crippen LogP contribution in [0.25, 0.3) is 0 Å². The molecule has 2 heteroatoms. The Morgan fingerprint density at radius 1 is 1.06 bits per heavy atom. The zero-order chi connectivity index (χ0) is 24.0. The lowest BCUT2D eigenvalue weighted by atomic mass is 9.47. The molecule has 33 heavy (non-hydrogen) atoms. The molecule has 0 heterocycles. The van der Waals surface area contributed by atoms with Crippen molar-refractivity contribution in [3.63, 3.8) is 0 Å². The van der Waals surface area contributed by atoms with Crippen molar-refractivity contribution >= 4 is 5.97 Å². The van der Waals surface area contributed by atoms with Crippen molar-refractivity contribution in [1.29, 1.82) is 0 Å². The second-order valence-corrected chi connectivity index (χ2v) is 13.0. The zero-order valence-electron chi connectivity index (χ0n) is 22.5. The summed E-state index contributed by atoms with van der Waals surface area (Å²) >= 11 is 0. The van der Waals surface area contributed by atoms with E-state index in [4.69, 9.17) is 4.74 Å². The number of rotatable bonds is 6. The highest BCUT2D eigenvalue weighted by Gasteiger charge is 2.58. The summed E-state index contributed by atoms with van der Waals surface area (Å²) in [5.74, 6) is 5.05. The van der Waals surface area contributed by atoms with Crippen molar-refractivity contribution in [2.24, 2.45) is 52.3 Å². The predicted octanol–water partition coefficient (Wildman–Crippen LogP) is 8.37. The third-order valence-corrected chi connectivity index (χ3v) is 11.1. The molecular formula is C31H50O2. The molecule has 0 bridgehead atoms. The number of fused-ring (bicyclic) bond motifs is 5. The highest BCUT2D eigenvalue weighted by molar-refractivity contribution is 5.66. The molecule has 0 spiro atoms. The maximum Gasteiger partial charge on any atom is 0.302 e. The Labute approximate surface area is 204 Å². The first-order valence-corrected chi connectivity index (χ1v) is 14.2. The van der Waals surface area contributed by atoms with E-state index in [9.17, 15) is 4.79 Å². The van der Waals surface area contributed by atoms with Gasteiger partial charge in [-0.2, -0.15) is 0 Å². The second kappa shape index (κ2) is 9.54. The number of carbonyl (C=O) groups excluding carboxylic acids is 1. The van der Waals surface area contributed by atoms with Crippen molar-refractivity contribution in [3.05, 3.63) is 23.8 Å². The van der Waals surface area contributed by atoms with Gasteiger partial charge in [-0.15, -0.1) is 0 Å². The highest BCUT2D eigenvalue weighted by Crippen LogP contribution is 2.66. The van der Waals surface area contributed by atoms with Crippen LogP contribution in [0.15, 0.2) is 23.8 Å². The van der Waals surface area contributed by atoms with Crippen LogP contribution in [0.1, 0.15) is 106 Å². The Bertz CT molecular complexity index is 778. The monoisotopic (exact) mass is 454 g/mol. The third kappa shape index (κ3) is 4.50. The van der Waals surface area contributed by atoms with Crippen molar-refractivity contribution in [2.45, 2.75) is 112 Å². The first-order chi connectivity index (χ1) is 15.6. The van der Waals surface area contributed by atoms with Crippen molar-refractivity contribution in [3.8, 4) is 0 Å². The van der Waals surface area contributed by atoms with Crippen LogP contribution in [0.2, 0.25) is 0 Å². The minimum Gasteiger partial charge on any atom is -0.463 e. The SMILES string of the molecule is CC[C@H](/C=C/[C@H](C)[C@@H]1CC[C@@H]2C3=CC[C@@H]4C[C@H](OC(C)=O)CC[C@]4(C)[C@@H]3CC[C@]21C)C(C)C. The summed E-state index contributed by atoms with van der Waals surface area (Å²) in [5, 5.41) is 0. The van der Waals surface area contributed by atoms with Crippen molar-refractivity contribution in [2.75, 3.05) is 0 Å². The molecule has 0 N–H and O–H groups in total. The molecule has 3 saturated carbocycles. The van der Waals surface area contributed by atoms with Crippen LogP contribution in [0.3, 0.4) is 0 Å². The molecule has 2 nitrogen and oxygen atoms in total. The first kappa shape index (κ1) is 25.1. The molecule has 3 fully saturated rings. The highest BCUT2D eigenvalue weighted by atomic mass is 16.5. The maximum absolute atomic E-state index is 11.5. The lowest BCUT2D eigenvalue weighted by Gasteiger charge is -2.58. The molecule has 0 amide bonds. The number of hydrogen-bond donors (Lipinski definition) is 0. The summed E-state index contributed by atoms with van der Waals surface area (Å²) in [7, 11) is 0. The van der Waals surface area contributed by atoms with Gasteiger partial charge in [-0.3, -0.25) is 4.79 Å². The van der Waals surface area contributed by atoms with Crippen LogP contribution in [0, 0.1) is 52.3 Å². The second-order valence-electron chi connectivity index (χ2n) is 13.0. The third-order valence-electron chi connectivity index (χ3n) is 11.1. The van der Waals surface area contributed by atoms with Crippen LogP contribution < -0.4 is 0 Å². The Balaban J connectivity index is 1.50. The fourth-order valence-corrected chi connectivity index (χ4v) is 9.00. The molecule has 4 rings (SSSR count). The zero-order valence-corrected chi connectivity index (χ0v) is 22.5. The quantitative estimate of drug-likeness (QED) is 0.297. The van der Waals surface area contributed by atoms with E-state index in [1.54, 1.807) is 6.92 Å². The smallest absolute Gasteiger partial charge is 0.302 e. The molecule has 186 valence electrons. The number of hydrogen-bond acceptors (Lipinski definition) is 2. The summed E-state index contributed by atoms with van der Waals surface area (Å²) in [6.07, 6.45) is 19.3. The molecule has 0 saturated heterocycles. The molecule has 4 aliphatic carbocycles. The number of ether oxygens (including phenoxy) is 1. The van der Waals surface area contributed by atoms with E-state index in [-0.39, 0.29) is 12.1 Å². The lowest BCUT2D eigenvalue weighted by molar-refractivity contribution is -0.152. The van der Waals surface area contributed by atoms with Gasteiger partial charge in [0, 0.05) is 6.92 Å². The molecular weight excluding hydrogens is 404 g/mol. The normalized spacial score (nSPS) is 42.3. The van der Waals surface area contributed by atoms with E-state index in [0.29, 0.717) is 28.6 Å². The number of allylic oxidation sites excluding steroid dienone is 4. The molecule has 0 aromatic rings. The van der Waals surface area contributed by atoms with Gasteiger partial charge in [0.2, 0.25) is 0 Å². The minimum absolute atomic E-state index is 0.108. The van der Waals surface area contributed by atoms with Gasteiger partial charge < -0.3 is 4.74 Å². The van der Waals surface area contributed by atoms with Gasteiger partial charge in [0.15, 0.2) is 0 Å². The molecule has 0 aliphatic heterocycles. The fraction of sp³-hybridized carbons (Fsp3) is 0.839. The van der Waals surface area contributed by atoms with Gasteiger partial charge >= 0.3 is 5.97 Å². The average Bonchev–Trinajstić information content (AvgIpc) is 3.11. The molecule has 0 aromatic heterocycles. The Kier molecular flexibility index (Phi) is 7.24. The van der Waals surface area contributed by atoms with Crippen LogP contribution in [0.5, 0.6) is 0 Å². The van der Waals surface area contributed by atoms with Crippen LogP contribution in [-0.4, -0.2) is 12.1 Å². The van der Waals surface area contributed by atoms with Gasteiger partial charge in [-0.1, -0.05) is 65.3 Å². The Morgan fingerprint density at radius 3 is 2.42 bits per heavy atom. The summed E-state index contributed by atoms with van der Waals surface area (Å²) in [4.78, 5) is 11.5. The minimum atomic E-state index is -0.108. The van der Waals surface area contributed by atoms with E-state index >= 15 is 0 Å². The number of carbonyl (C=O) groups is 1. The predicted molar refractivity (Wildman–Crippen MR) is 138 cm³/mol. The van der Waals surface area contributed by atoms with E-state index in [0.717, 1.165) is 36.5 Å². The van der Waals surface area contributed by atoms with Crippen LogP contribution in [0.4, 0.5) is 0 Å². The van der Waals surface area contributed by atoms with Gasteiger partial charge in [-0.05, 0) is 110 Å². The standard InChI is InChI=1S/C31H50O2/c1-8-23(20(2)3)10-9-21(4)27-13-14-28-26-12-11-24-19-25(33-22(5)32)15-17-30(24,6)29(26)16-18-31(27,28)7/h9-10,12,20-21,23-25,27-29H,8,11,13-19H2,1-7H3/b10-9+/t21-,23+,24+,25+,27-,28+,29+,30-,31-/m0/s1. The molecule has 0 radical (unpaired) electrons.